The number of benzene rings is 2. The van der Waals surface area contributed by atoms with Crippen LogP contribution >= 0.6 is 0 Å². The molecule has 0 aliphatic heterocycles. The topological polar surface area (TPSA) is 91.3 Å². The van der Waals surface area contributed by atoms with Crippen LogP contribution in [0, 0.1) is 10.1 Å². The molecule has 3 aromatic rings. The lowest BCUT2D eigenvalue weighted by Gasteiger charge is -2.05. The molecule has 1 heterocycles. The van der Waals surface area contributed by atoms with Gasteiger partial charge in [-0.1, -0.05) is 29.4 Å². The van der Waals surface area contributed by atoms with E-state index >= 15 is 0 Å². The van der Waals surface area contributed by atoms with Gasteiger partial charge < -0.3 is 9.26 Å². The third-order valence-electron chi connectivity index (χ3n) is 3.31. The Hall–Kier alpha value is -3.22. The Bertz CT molecular complexity index is 845. The van der Waals surface area contributed by atoms with Crippen LogP contribution in [-0.2, 0) is 6.42 Å². The smallest absolute Gasteiger partial charge is 0.270 e. The molecule has 116 valence electrons. The minimum atomic E-state index is -0.463. The van der Waals surface area contributed by atoms with Gasteiger partial charge in [-0.3, -0.25) is 10.1 Å². The molecule has 0 unspecified atom stereocenters. The van der Waals surface area contributed by atoms with Crippen LogP contribution in [-0.4, -0.2) is 22.2 Å². The van der Waals surface area contributed by atoms with E-state index in [1.807, 2.05) is 24.3 Å². The number of hydrogen-bond acceptors (Lipinski definition) is 6. The lowest BCUT2D eigenvalue weighted by molar-refractivity contribution is -0.384. The van der Waals surface area contributed by atoms with Gasteiger partial charge in [0.2, 0.25) is 0 Å². The first-order chi connectivity index (χ1) is 11.2. The maximum Gasteiger partial charge on any atom is 0.270 e. The maximum atomic E-state index is 10.8. The summed E-state index contributed by atoms with van der Waals surface area (Å²) >= 11 is 0. The van der Waals surface area contributed by atoms with E-state index in [9.17, 15) is 10.1 Å². The van der Waals surface area contributed by atoms with Gasteiger partial charge in [0.1, 0.15) is 5.75 Å². The highest BCUT2D eigenvalue weighted by molar-refractivity contribution is 5.57. The van der Waals surface area contributed by atoms with Crippen LogP contribution in [0.2, 0.25) is 0 Å². The lowest BCUT2D eigenvalue weighted by Crippen LogP contribution is -1.95. The first-order valence-electron chi connectivity index (χ1n) is 6.86. The van der Waals surface area contributed by atoms with E-state index in [1.54, 1.807) is 19.2 Å². The summed E-state index contributed by atoms with van der Waals surface area (Å²) in [6.45, 7) is 0. The molecule has 0 spiro atoms. The molecule has 0 aliphatic carbocycles. The first kappa shape index (κ1) is 14.7. The van der Waals surface area contributed by atoms with Crippen molar-refractivity contribution in [3.05, 3.63) is 70.0 Å². The van der Waals surface area contributed by atoms with Crippen molar-refractivity contribution in [3.63, 3.8) is 0 Å². The highest BCUT2D eigenvalue weighted by Gasteiger charge is 2.14. The third kappa shape index (κ3) is 3.18. The fourth-order valence-corrected chi connectivity index (χ4v) is 2.21. The van der Waals surface area contributed by atoms with Gasteiger partial charge in [0.15, 0.2) is 5.82 Å². The van der Waals surface area contributed by atoms with Crippen molar-refractivity contribution in [3.8, 4) is 17.2 Å². The van der Waals surface area contributed by atoms with Gasteiger partial charge in [-0.2, -0.15) is 4.98 Å². The van der Waals surface area contributed by atoms with Gasteiger partial charge >= 0.3 is 0 Å². The number of methoxy groups -OCH3 is 1. The predicted octanol–water partition coefficient (Wildman–Crippen LogP) is 3.24. The van der Waals surface area contributed by atoms with Crippen molar-refractivity contribution in [2.45, 2.75) is 6.42 Å². The standard InChI is InChI=1S/C16H13N3O4/c1-22-14-8-3-2-5-11(14)10-15-17-16(23-18-15)12-6-4-7-13(9-12)19(20)21/h2-9H,10H2,1H3. The summed E-state index contributed by atoms with van der Waals surface area (Å²) in [6, 6.07) is 13.6. The summed E-state index contributed by atoms with van der Waals surface area (Å²) in [5, 5.41) is 14.8. The van der Waals surface area contributed by atoms with Crippen molar-refractivity contribution in [2.24, 2.45) is 0 Å². The molecule has 3 rings (SSSR count). The average Bonchev–Trinajstić information content (AvgIpc) is 3.04. The van der Waals surface area contributed by atoms with Crippen LogP contribution in [0.4, 0.5) is 5.69 Å². The van der Waals surface area contributed by atoms with E-state index in [0.29, 0.717) is 17.8 Å². The van der Waals surface area contributed by atoms with E-state index < -0.39 is 4.92 Å². The minimum Gasteiger partial charge on any atom is -0.496 e. The molecule has 0 amide bonds. The predicted molar refractivity (Wildman–Crippen MR) is 82.2 cm³/mol. The van der Waals surface area contributed by atoms with E-state index in [0.717, 1.165) is 11.3 Å². The molecule has 2 aromatic carbocycles. The molecule has 7 heteroatoms. The molecule has 0 saturated heterocycles. The first-order valence-corrected chi connectivity index (χ1v) is 6.86. The van der Waals surface area contributed by atoms with Gasteiger partial charge in [-0.05, 0) is 12.1 Å². The normalized spacial score (nSPS) is 10.5. The maximum absolute atomic E-state index is 10.8. The molecule has 23 heavy (non-hydrogen) atoms. The van der Waals surface area contributed by atoms with Crippen molar-refractivity contribution in [2.75, 3.05) is 7.11 Å². The zero-order chi connectivity index (χ0) is 16.2. The molecule has 0 aliphatic rings. The van der Waals surface area contributed by atoms with Gasteiger partial charge in [0.05, 0.1) is 12.0 Å². The Balaban J connectivity index is 1.86. The number of aromatic nitrogens is 2. The zero-order valence-corrected chi connectivity index (χ0v) is 12.3. The van der Waals surface area contributed by atoms with Gasteiger partial charge in [0, 0.05) is 29.7 Å². The Morgan fingerprint density at radius 1 is 1.22 bits per heavy atom. The second-order valence-electron chi connectivity index (χ2n) is 4.81. The SMILES string of the molecule is COc1ccccc1Cc1noc(-c2cccc([N+](=O)[O-])c2)n1. The molecule has 0 radical (unpaired) electrons. The quantitative estimate of drug-likeness (QED) is 0.530. The van der Waals surface area contributed by atoms with Crippen molar-refractivity contribution >= 4 is 5.69 Å². The summed E-state index contributed by atoms with van der Waals surface area (Å²) in [7, 11) is 1.60. The molecular formula is C16H13N3O4. The van der Waals surface area contributed by atoms with Crippen molar-refractivity contribution in [1.29, 1.82) is 0 Å². The monoisotopic (exact) mass is 311 g/mol. The molecular weight excluding hydrogens is 298 g/mol. The molecule has 1 aromatic heterocycles. The summed E-state index contributed by atoms with van der Waals surface area (Å²) in [5.74, 6) is 1.48. The largest absolute Gasteiger partial charge is 0.496 e. The van der Waals surface area contributed by atoms with Crippen molar-refractivity contribution < 1.29 is 14.2 Å². The molecule has 0 N–H and O–H groups in total. The third-order valence-corrected chi connectivity index (χ3v) is 3.31. The van der Waals surface area contributed by atoms with Crippen LogP contribution in [0.25, 0.3) is 11.5 Å². The van der Waals surface area contributed by atoms with E-state index in [4.69, 9.17) is 9.26 Å². The Morgan fingerprint density at radius 2 is 2.04 bits per heavy atom. The summed E-state index contributed by atoms with van der Waals surface area (Å²) in [4.78, 5) is 14.7. The van der Waals surface area contributed by atoms with Crippen LogP contribution in [0.5, 0.6) is 5.75 Å². The number of hydrogen-bond donors (Lipinski definition) is 0. The van der Waals surface area contributed by atoms with Crippen LogP contribution < -0.4 is 4.74 Å². The number of rotatable bonds is 5. The van der Waals surface area contributed by atoms with Crippen molar-refractivity contribution in [1.82, 2.24) is 10.1 Å². The summed E-state index contributed by atoms with van der Waals surface area (Å²) in [6.07, 6.45) is 0.447. The number of non-ortho nitro benzene ring substituents is 1. The van der Waals surface area contributed by atoms with Crippen LogP contribution in [0.1, 0.15) is 11.4 Å². The van der Waals surface area contributed by atoms with E-state index in [1.165, 1.54) is 12.1 Å². The Kier molecular flexibility index (Phi) is 4.01. The number of para-hydroxylation sites is 1. The lowest BCUT2D eigenvalue weighted by atomic mass is 10.1. The average molecular weight is 311 g/mol. The minimum absolute atomic E-state index is 0.0213. The number of ether oxygens (including phenoxy) is 1. The fraction of sp³-hybridized carbons (Fsp3) is 0.125. The van der Waals surface area contributed by atoms with E-state index in [-0.39, 0.29) is 11.6 Å². The molecule has 0 atom stereocenters. The van der Waals surface area contributed by atoms with Crippen LogP contribution in [0.3, 0.4) is 0 Å². The van der Waals surface area contributed by atoms with Crippen LogP contribution in [0.15, 0.2) is 53.1 Å². The molecule has 0 bridgehead atoms. The van der Waals surface area contributed by atoms with Gasteiger partial charge in [-0.25, -0.2) is 0 Å². The van der Waals surface area contributed by atoms with Gasteiger partial charge in [-0.15, -0.1) is 0 Å². The molecule has 0 saturated carbocycles. The summed E-state index contributed by atoms with van der Waals surface area (Å²) < 4.78 is 10.5. The number of nitro groups is 1. The second kappa shape index (κ2) is 6.27. The van der Waals surface area contributed by atoms with Gasteiger partial charge in [0.25, 0.3) is 11.6 Å². The molecule has 7 nitrogen and oxygen atoms in total. The Morgan fingerprint density at radius 3 is 2.83 bits per heavy atom. The fourth-order valence-electron chi connectivity index (χ4n) is 2.21. The highest BCUT2D eigenvalue weighted by Crippen LogP contribution is 2.24. The second-order valence-corrected chi connectivity index (χ2v) is 4.81. The van der Waals surface area contributed by atoms with E-state index in [2.05, 4.69) is 10.1 Å². The zero-order valence-electron chi connectivity index (χ0n) is 12.3. The number of nitro benzene ring substituents is 1. The Labute approximate surface area is 131 Å². The summed E-state index contributed by atoms with van der Waals surface area (Å²) in [5.41, 5.74) is 1.42. The highest BCUT2D eigenvalue weighted by atomic mass is 16.6. The number of nitrogens with zero attached hydrogens (tertiary/aromatic N) is 3. The molecule has 0 fully saturated rings.